The molecule has 0 spiro atoms. The van der Waals surface area contributed by atoms with Crippen LogP contribution in [0.15, 0.2) is 54.3 Å². The minimum Gasteiger partial charge on any atom is -0.513 e. The fourth-order valence-corrected chi connectivity index (χ4v) is 2.15. The summed E-state index contributed by atoms with van der Waals surface area (Å²) in [5.41, 5.74) is 2.18. The van der Waals surface area contributed by atoms with Crippen LogP contribution in [0.4, 0.5) is 0 Å². The van der Waals surface area contributed by atoms with Crippen molar-refractivity contribution in [3.8, 4) is 5.69 Å². The molecule has 0 bridgehead atoms. The number of benzene rings is 1. The Morgan fingerprint density at radius 1 is 1.32 bits per heavy atom. The Bertz CT molecular complexity index is 760. The molecule has 0 aliphatic carbocycles. The molecule has 0 unspecified atom stereocenters. The average molecular weight is 313 g/mol. The Hall–Kier alpha value is -2.40. The first-order chi connectivity index (χ1) is 10.6. The average Bonchev–Trinajstić information content (AvgIpc) is 2.84. The lowest BCUT2D eigenvalue weighted by Gasteiger charge is -2.04. The van der Waals surface area contributed by atoms with E-state index in [1.807, 2.05) is 60.1 Å². The van der Waals surface area contributed by atoms with E-state index in [-0.39, 0.29) is 0 Å². The SMILES string of the molecule is C/C(O)=C\CC=C/C=C/c1n[nH]c(=S)n1-c1ccc(C)cc1. The fourth-order valence-electron chi connectivity index (χ4n) is 1.90. The summed E-state index contributed by atoms with van der Waals surface area (Å²) in [6.45, 7) is 3.70. The van der Waals surface area contributed by atoms with Gasteiger partial charge in [0, 0.05) is 5.69 Å². The van der Waals surface area contributed by atoms with Crippen LogP contribution < -0.4 is 0 Å². The van der Waals surface area contributed by atoms with Gasteiger partial charge in [-0.2, -0.15) is 5.10 Å². The van der Waals surface area contributed by atoms with Crippen LogP contribution in [0.25, 0.3) is 11.8 Å². The monoisotopic (exact) mass is 313 g/mol. The summed E-state index contributed by atoms with van der Waals surface area (Å²) in [5.74, 6) is 1.07. The van der Waals surface area contributed by atoms with Crippen molar-refractivity contribution in [2.45, 2.75) is 20.3 Å². The molecule has 0 aliphatic heterocycles. The van der Waals surface area contributed by atoms with Crippen molar-refractivity contribution >= 4 is 18.3 Å². The summed E-state index contributed by atoms with van der Waals surface area (Å²) in [6.07, 6.45) is 10.1. The predicted octanol–water partition coefficient (Wildman–Crippen LogP) is 4.66. The zero-order valence-corrected chi connectivity index (χ0v) is 13.5. The highest BCUT2D eigenvalue weighted by molar-refractivity contribution is 7.71. The zero-order valence-electron chi connectivity index (χ0n) is 12.7. The summed E-state index contributed by atoms with van der Waals surface area (Å²) in [5, 5.41) is 16.1. The molecule has 2 aromatic rings. The Morgan fingerprint density at radius 3 is 2.73 bits per heavy atom. The Kier molecular flexibility index (Phi) is 5.49. The third-order valence-electron chi connectivity index (χ3n) is 3.03. The van der Waals surface area contributed by atoms with Gasteiger partial charge in [-0.1, -0.05) is 35.9 Å². The molecule has 1 aromatic carbocycles. The number of aromatic nitrogens is 3. The second-order valence-corrected chi connectivity index (χ2v) is 5.31. The van der Waals surface area contributed by atoms with Gasteiger partial charge in [0.05, 0.1) is 5.76 Å². The minimum atomic E-state index is 0.328. The minimum absolute atomic E-state index is 0.328. The normalized spacial score (nSPS) is 12.5. The van der Waals surface area contributed by atoms with Crippen molar-refractivity contribution in [3.05, 3.63) is 70.5 Å². The third-order valence-corrected chi connectivity index (χ3v) is 3.31. The number of nitrogens with one attached hydrogen (secondary N) is 1. The number of allylic oxidation sites excluding steroid dienone is 5. The number of hydrogen-bond donors (Lipinski definition) is 2. The van der Waals surface area contributed by atoms with E-state index in [2.05, 4.69) is 10.2 Å². The van der Waals surface area contributed by atoms with Crippen LogP contribution in [-0.2, 0) is 0 Å². The molecule has 0 aliphatic rings. The molecule has 2 N–H and O–H groups in total. The molecular weight excluding hydrogens is 294 g/mol. The van der Waals surface area contributed by atoms with E-state index in [1.54, 1.807) is 13.0 Å². The fraction of sp³-hybridized carbons (Fsp3) is 0.176. The maximum atomic E-state index is 9.05. The molecular formula is C17H19N3OS. The molecule has 5 heteroatoms. The second-order valence-electron chi connectivity index (χ2n) is 4.93. The predicted molar refractivity (Wildman–Crippen MR) is 92.7 cm³/mol. The van der Waals surface area contributed by atoms with E-state index in [4.69, 9.17) is 17.3 Å². The summed E-state index contributed by atoms with van der Waals surface area (Å²) in [6, 6.07) is 8.12. The number of rotatable bonds is 5. The number of aryl methyl sites for hydroxylation is 1. The van der Waals surface area contributed by atoms with Gasteiger partial charge < -0.3 is 5.11 Å². The van der Waals surface area contributed by atoms with Crippen LogP contribution in [0, 0.1) is 11.7 Å². The lowest BCUT2D eigenvalue weighted by Crippen LogP contribution is -1.97. The highest BCUT2D eigenvalue weighted by Crippen LogP contribution is 2.13. The molecule has 0 saturated carbocycles. The number of H-pyrrole nitrogens is 1. The molecule has 1 aromatic heterocycles. The second kappa shape index (κ2) is 7.56. The van der Waals surface area contributed by atoms with Gasteiger partial charge in [-0.15, -0.1) is 0 Å². The van der Waals surface area contributed by atoms with Crippen molar-refractivity contribution < 1.29 is 5.11 Å². The van der Waals surface area contributed by atoms with Gasteiger partial charge in [-0.05, 0) is 56.8 Å². The summed E-state index contributed by atoms with van der Waals surface area (Å²) in [7, 11) is 0. The quantitative estimate of drug-likeness (QED) is 0.479. The van der Waals surface area contributed by atoms with Crippen molar-refractivity contribution in [1.29, 1.82) is 0 Å². The number of nitrogens with zero attached hydrogens (tertiary/aromatic N) is 2. The smallest absolute Gasteiger partial charge is 0.200 e. The number of aromatic amines is 1. The van der Waals surface area contributed by atoms with Crippen LogP contribution in [0.3, 0.4) is 0 Å². The molecule has 2 rings (SSSR count). The van der Waals surface area contributed by atoms with Gasteiger partial charge in [0.2, 0.25) is 0 Å². The first-order valence-electron chi connectivity index (χ1n) is 7.01. The van der Waals surface area contributed by atoms with Gasteiger partial charge in [0.25, 0.3) is 0 Å². The zero-order chi connectivity index (χ0) is 15.9. The first kappa shape index (κ1) is 16.0. The molecule has 22 heavy (non-hydrogen) atoms. The number of hydrogen-bond acceptors (Lipinski definition) is 3. The standard InChI is InChI=1S/C17H19N3OS/c1-13-9-11-15(12-10-13)20-16(18-19-17(20)22)8-6-4-3-5-7-14(2)21/h3-4,6-12,21H,5H2,1-2H3,(H,19,22)/b4-3?,8-6+,14-7+. The molecule has 0 radical (unpaired) electrons. The highest BCUT2D eigenvalue weighted by atomic mass is 32.1. The molecule has 0 amide bonds. The largest absolute Gasteiger partial charge is 0.513 e. The maximum absolute atomic E-state index is 9.05. The van der Waals surface area contributed by atoms with Gasteiger partial charge in [-0.25, -0.2) is 0 Å². The van der Waals surface area contributed by atoms with Gasteiger partial charge in [0.1, 0.15) is 0 Å². The van der Waals surface area contributed by atoms with Crippen molar-refractivity contribution in [2.75, 3.05) is 0 Å². The van der Waals surface area contributed by atoms with Crippen LogP contribution >= 0.6 is 12.2 Å². The van der Waals surface area contributed by atoms with Crippen LogP contribution in [-0.4, -0.2) is 19.9 Å². The van der Waals surface area contributed by atoms with Crippen molar-refractivity contribution in [1.82, 2.24) is 14.8 Å². The van der Waals surface area contributed by atoms with Gasteiger partial charge >= 0.3 is 0 Å². The van der Waals surface area contributed by atoms with E-state index in [9.17, 15) is 0 Å². The molecule has 0 saturated heterocycles. The Labute approximate surface area is 135 Å². The van der Waals surface area contributed by atoms with E-state index in [0.717, 1.165) is 11.5 Å². The third kappa shape index (κ3) is 4.30. The molecule has 1 heterocycles. The Balaban J connectivity index is 2.18. The molecule has 0 fully saturated rings. The van der Waals surface area contributed by atoms with Crippen molar-refractivity contribution in [2.24, 2.45) is 0 Å². The van der Waals surface area contributed by atoms with E-state index in [1.165, 1.54) is 5.56 Å². The Morgan fingerprint density at radius 2 is 2.05 bits per heavy atom. The number of aliphatic hydroxyl groups excluding tert-OH is 1. The number of aliphatic hydroxyl groups is 1. The maximum Gasteiger partial charge on any atom is 0.200 e. The van der Waals surface area contributed by atoms with Crippen LogP contribution in [0.1, 0.15) is 24.7 Å². The van der Waals surface area contributed by atoms with E-state index < -0.39 is 0 Å². The molecule has 114 valence electrons. The summed E-state index contributed by atoms with van der Waals surface area (Å²) < 4.78 is 2.45. The van der Waals surface area contributed by atoms with Gasteiger partial charge in [0.15, 0.2) is 10.6 Å². The lowest BCUT2D eigenvalue weighted by molar-refractivity contribution is 0.412. The summed E-state index contributed by atoms with van der Waals surface area (Å²) in [4.78, 5) is 0. The van der Waals surface area contributed by atoms with Gasteiger partial charge in [-0.3, -0.25) is 9.67 Å². The summed E-state index contributed by atoms with van der Waals surface area (Å²) >= 11 is 5.29. The molecule has 4 nitrogen and oxygen atoms in total. The van der Waals surface area contributed by atoms with Crippen LogP contribution in [0.5, 0.6) is 0 Å². The highest BCUT2D eigenvalue weighted by Gasteiger charge is 2.04. The van der Waals surface area contributed by atoms with E-state index >= 15 is 0 Å². The first-order valence-corrected chi connectivity index (χ1v) is 7.42. The lowest BCUT2D eigenvalue weighted by atomic mass is 10.2. The van der Waals surface area contributed by atoms with E-state index in [0.29, 0.717) is 17.0 Å². The van der Waals surface area contributed by atoms with Crippen LogP contribution in [0.2, 0.25) is 0 Å². The molecule has 0 atom stereocenters. The topological polar surface area (TPSA) is 53.8 Å². The van der Waals surface area contributed by atoms with Crippen molar-refractivity contribution in [3.63, 3.8) is 0 Å².